The molecule has 1 aliphatic carbocycles. The molecule has 0 unspecified atom stereocenters. The molecule has 7 heteroatoms. The van der Waals surface area contributed by atoms with Crippen molar-refractivity contribution in [1.82, 2.24) is 5.32 Å². The Kier molecular flexibility index (Phi) is 4.46. The van der Waals surface area contributed by atoms with Crippen molar-refractivity contribution in [3.63, 3.8) is 0 Å². The van der Waals surface area contributed by atoms with E-state index in [2.05, 4.69) is 10.6 Å². The maximum atomic E-state index is 11.8. The maximum Gasteiger partial charge on any atom is 0.339 e. The van der Waals surface area contributed by atoms with Gasteiger partial charge in [0.1, 0.15) is 5.56 Å². The van der Waals surface area contributed by atoms with Crippen molar-refractivity contribution < 1.29 is 19.4 Å². The van der Waals surface area contributed by atoms with E-state index in [1.165, 1.54) is 12.1 Å². The molecule has 0 saturated heterocycles. The van der Waals surface area contributed by atoms with Gasteiger partial charge in [-0.05, 0) is 25.0 Å². The zero-order valence-electron chi connectivity index (χ0n) is 10.9. The summed E-state index contributed by atoms with van der Waals surface area (Å²) < 4.78 is 5.12. The number of halogens is 1. The summed E-state index contributed by atoms with van der Waals surface area (Å²) >= 11 is 5.82. The average Bonchev–Trinajstić information content (AvgIpc) is 2.32. The van der Waals surface area contributed by atoms with Gasteiger partial charge in [-0.2, -0.15) is 0 Å². The van der Waals surface area contributed by atoms with Gasteiger partial charge >= 0.3 is 12.0 Å². The molecule has 1 saturated carbocycles. The van der Waals surface area contributed by atoms with Crippen LogP contribution in [0.4, 0.5) is 10.5 Å². The molecule has 0 bridgehead atoms. The van der Waals surface area contributed by atoms with Crippen LogP contribution in [0.1, 0.15) is 23.2 Å². The highest BCUT2D eigenvalue weighted by Gasteiger charge is 2.30. The molecule has 1 aromatic rings. The number of aromatic carboxylic acids is 1. The van der Waals surface area contributed by atoms with Crippen molar-refractivity contribution in [2.24, 2.45) is 0 Å². The normalized spacial score (nSPS) is 20.9. The molecule has 108 valence electrons. The van der Waals surface area contributed by atoms with Crippen molar-refractivity contribution in [2.45, 2.75) is 25.0 Å². The van der Waals surface area contributed by atoms with E-state index in [0.717, 1.165) is 12.8 Å². The minimum Gasteiger partial charge on any atom is -0.478 e. The smallest absolute Gasteiger partial charge is 0.339 e. The summed E-state index contributed by atoms with van der Waals surface area (Å²) in [4.78, 5) is 22.9. The molecule has 6 nitrogen and oxygen atoms in total. The number of nitrogens with one attached hydrogen (secondary N) is 2. The predicted molar refractivity (Wildman–Crippen MR) is 74.4 cm³/mol. The minimum absolute atomic E-state index is 0.0485. The number of methoxy groups -OCH3 is 1. The number of urea groups is 1. The molecule has 2 amide bonds. The van der Waals surface area contributed by atoms with Gasteiger partial charge in [0, 0.05) is 13.2 Å². The van der Waals surface area contributed by atoms with E-state index in [4.69, 9.17) is 21.4 Å². The Morgan fingerprint density at radius 1 is 1.40 bits per heavy atom. The molecule has 0 heterocycles. The van der Waals surface area contributed by atoms with E-state index in [9.17, 15) is 9.59 Å². The molecule has 1 fully saturated rings. The number of hydrogen-bond donors (Lipinski definition) is 3. The Morgan fingerprint density at radius 2 is 2.10 bits per heavy atom. The first-order chi connectivity index (χ1) is 9.51. The van der Waals surface area contributed by atoms with Crippen molar-refractivity contribution in [3.8, 4) is 0 Å². The van der Waals surface area contributed by atoms with Gasteiger partial charge in [0.2, 0.25) is 0 Å². The number of hydrogen-bond acceptors (Lipinski definition) is 3. The first kappa shape index (κ1) is 14.6. The lowest BCUT2D eigenvalue weighted by molar-refractivity contribution is 0.0210. The van der Waals surface area contributed by atoms with Crippen LogP contribution >= 0.6 is 11.6 Å². The molecular formula is C13H15ClN2O4. The Balaban J connectivity index is 1.98. The summed E-state index contributed by atoms with van der Waals surface area (Å²) in [6, 6.07) is 4.13. The summed E-state index contributed by atoms with van der Waals surface area (Å²) in [5.74, 6) is -1.19. The van der Waals surface area contributed by atoms with Crippen LogP contribution in [0.25, 0.3) is 0 Å². The fourth-order valence-corrected chi connectivity index (χ4v) is 2.32. The number of amides is 2. The van der Waals surface area contributed by atoms with E-state index >= 15 is 0 Å². The van der Waals surface area contributed by atoms with E-state index < -0.39 is 12.0 Å². The summed E-state index contributed by atoms with van der Waals surface area (Å²) in [6.45, 7) is 0. The SMILES string of the molecule is COC1CC(NC(=O)Nc2cccc(Cl)c2C(=O)O)C1. The van der Waals surface area contributed by atoms with Crippen LogP contribution in [0.2, 0.25) is 5.02 Å². The number of benzene rings is 1. The molecule has 0 aliphatic heterocycles. The monoisotopic (exact) mass is 298 g/mol. The Hall–Kier alpha value is -1.79. The molecule has 2 rings (SSSR count). The van der Waals surface area contributed by atoms with Crippen LogP contribution in [-0.2, 0) is 4.74 Å². The van der Waals surface area contributed by atoms with Crippen molar-refractivity contribution in [1.29, 1.82) is 0 Å². The Bertz CT molecular complexity index is 529. The molecule has 1 aromatic carbocycles. The van der Waals surface area contributed by atoms with Gasteiger partial charge in [-0.15, -0.1) is 0 Å². The number of ether oxygens (including phenoxy) is 1. The van der Waals surface area contributed by atoms with Crippen LogP contribution in [0, 0.1) is 0 Å². The van der Waals surface area contributed by atoms with E-state index in [-0.39, 0.29) is 28.4 Å². The average molecular weight is 299 g/mol. The van der Waals surface area contributed by atoms with Gasteiger partial charge in [-0.25, -0.2) is 9.59 Å². The summed E-state index contributed by atoms with van der Waals surface area (Å²) in [7, 11) is 1.63. The fourth-order valence-electron chi connectivity index (χ4n) is 2.07. The number of carboxylic acid groups (broad SMARTS) is 1. The first-order valence-corrected chi connectivity index (χ1v) is 6.51. The van der Waals surface area contributed by atoms with Gasteiger partial charge in [0.25, 0.3) is 0 Å². The topological polar surface area (TPSA) is 87.7 Å². The molecule has 0 aromatic heterocycles. The van der Waals surface area contributed by atoms with E-state index in [0.29, 0.717) is 0 Å². The molecule has 1 aliphatic rings. The van der Waals surface area contributed by atoms with Gasteiger partial charge in [-0.1, -0.05) is 17.7 Å². The zero-order valence-corrected chi connectivity index (χ0v) is 11.6. The molecular weight excluding hydrogens is 284 g/mol. The van der Waals surface area contributed by atoms with Crippen molar-refractivity contribution in [2.75, 3.05) is 12.4 Å². The third-order valence-electron chi connectivity index (χ3n) is 3.24. The van der Waals surface area contributed by atoms with Crippen LogP contribution in [-0.4, -0.2) is 36.4 Å². The van der Waals surface area contributed by atoms with Gasteiger partial charge in [0.15, 0.2) is 0 Å². The molecule has 0 spiro atoms. The largest absolute Gasteiger partial charge is 0.478 e. The molecule has 0 radical (unpaired) electrons. The van der Waals surface area contributed by atoms with E-state index in [1.807, 2.05) is 0 Å². The highest BCUT2D eigenvalue weighted by molar-refractivity contribution is 6.34. The number of anilines is 1. The summed E-state index contributed by atoms with van der Waals surface area (Å²) in [5.41, 5.74) is 0.0535. The minimum atomic E-state index is -1.19. The number of carbonyl (C=O) groups excluding carboxylic acids is 1. The van der Waals surface area contributed by atoms with Gasteiger partial charge in [0.05, 0.1) is 16.8 Å². The summed E-state index contributed by atoms with van der Waals surface area (Å²) in [6.07, 6.45) is 1.69. The Labute approximate surface area is 121 Å². The molecule has 0 atom stereocenters. The third kappa shape index (κ3) is 3.20. The lowest BCUT2D eigenvalue weighted by Crippen LogP contribution is -2.48. The number of carboxylic acids is 1. The number of carbonyl (C=O) groups is 2. The van der Waals surface area contributed by atoms with E-state index in [1.54, 1.807) is 13.2 Å². The van der Waals surface area contributed by atoms with Crippen molar-refractivity contribution >= 4 is 29.3 Å². The van der Waals surface area contributed by atoms with Crippen molar-refractivity contribution in [3.05, 3.63) is 28.8 Å². The standard InChI is InChI=1S/C13H15ClN2O4/c1-20-8-5-7(6-8)15-13(19)16-10-4-2-3-9(14)11(10)12(17)18/h2-4,7-8H,5-6H2,1H3,(H,17,18)(H2,15,16,19). The lowest BCUT2D eigenvalue weighted by Gasteiger charge is -2.34. The summed E-state index contributed by atoms with van der Waals surface area (Å²) in [5, 5.41) is 14.4. The highest BCUT2D eigenvalue weighted by Crippen LogP contribution is 2.25. The maximum absolute atomic E-state index is 11.8. The molecule has 3 N–H and O–H groups in total. The van der Waals surface area contributed by atoms with Gasteiger partial charge in [-0.3, -0.25) is 0 Å². The Morgan fingerprint density at radius 3 is 2.70 bits per heavy atom. The second-order valence-corrected chi connectivity index (χ2v) is 5.00. The van der Waals surface area contributed by atoms with Crippen LogP contribution in [0.3, 0.4) is 0 Å². The predicted octanol–water partition coefficient (Wildman–Crippen LogP) is 2.34. The van der Waals surface area contributed by atoms with Crippen LogP contribution in [0.5, 0.6) is 0 Å². The van der Waals surface area contributed by atoms with Crippen LogP contribution in [0.15, 0.2) is 18.2 Å². The highest BCUT2D eigenvalue weighted by atomic mass is 35.5. The third-order valence-corrected chi connectivity index (χ3v) is 3.55. The first-order valence-electron chi connectivity index (χ1n) is 6.13. The second-order valence-electron chi connectivity index (χ2n) is 4.59. The van der Waals surface area contributed by atoms with Crippen LogP contribution < -0.4 is 10.6 Å². The number of rotatable bonds is 4. The second kappa shape index (κ2) is 6.11. The van der Waals surface area contributed by atoms with Gasteiger partial charge < -0.3 is 20.5 Å². The lowest BCUT2D eigenvalue weighted by atomic mass is 9.89. The molecule has 20 heavy (non-hydrogen) atoms. The zero-order chi connectivity index (χ0) is 14.7. The fraction of sp³-hybridized carbons (Fsp3) is 0.385. The quantitative estimate of drug-likeness (QED) is 0.796.